The average Bonchev–Trinajstić information content (AvgIpc) is 3.39. The lowest BCUT2D eigenvalue weighted by Gasteiger charge is -2.15. The van der Waals surface area contributed by atoms with Crippen molar-refractivity contribution in [3.05, 3.63) is 71.4 Å². The van der Waals surface area contributed by atoms with E-state index in [-0.39, 0.29) is 5.82 Å². The lowest BCUT2D eigenvalue weighted by atomic mass is 10.1. The summed E-state index contributed by atoms with van der Waals surface area (Å²) >= 11 is 0. The zero-order valence-electron chi connectivity index (χ0n) is 18.9. The molecular weight excluding hydrogens is 459 g/mol. The topological polar surface area (TPSA) is 90.5 Å². The first kappa shape index (κ1) is 22.8. The maximum atomic E-state index is 14.0. The van der Waals surface area contributed by atoms with Crippen molar-refractivity contribution in [2.45, 2.75) is 45.3 Å². The van der Waals surface area contributed by atoms with Crippen LogP contribution in [0.5, 0.6) is 0 Å². The molecule has 35 heavy (non-hydrogen) atoms. The molecule has 1 amide bonds. The Hall–Kier alpha value is -4.02. The van der Waals surface area contributed by atoms with E-state index in [1.807, 2.05) is 6.07 Å². The normalized spacial score (nSPS) is 13.8. The van der Waals surface area contributed by atoms with Crippen LogP contribution in [0.25, 0.3) is 17.2 Å². The molecule has 180 valence electrons. The van der Waals surface area contributed by atoms with Crippen LogP contribution in [0.3, 0.4) is 0 Å². The minimum absolute atomic E-state index is 0.0375. The summed E-state index contributed by atoms with van der Waals surface area (Å²) in [6, 6.07) is 9.76. The molecule has 0 aliphatic carbocycles. The van der Waals surface area contributed by atoms with Crippen LogP contribution < -0.4 is 5.32 Å². The summed E-state index contributed by atoms with van der Waals surface area (Å²) in [5.74, 6) is 0.655. The Morgan fingerprint density at radius 1 is 1.06 bits per heavy atom. The lowest BCUT2D eigenvalue weighted by molar-refractivity contribution is -0.143. The van der Waals surface area contributed by atoms with E-state index in [0.29, 0.717) is 21.8 Å². The van der Waals surface area contributed by atoms with E-state index in [0.717, 1.165) is 49.8 Å². The Morgan fingerprint density at radius 3 is 2.69 bits per heavy atom. The smallest absolute Gasteiger partial charge is 0.322 e. The molecule has 0 saturated heterocycles. The summed E-state index contributed by atoms with van der Waals surface area (Å²) in [4.78, 5) is 17.0. The predicted octanol–water partition coefficient (Wildman–Crippen LogP) is 4.83. The molecule has 0 fully saturated rings. The molecule has 4 aromatic rings. The van der Waals surface area contributed by atoms with Gasteiger partial charge in [0, 0.05) is 30.4 Å². The highest BCUT2D eigenvalue weighted by Crippen LogP contribution is 2.34. The van der Waals surface area contributed by atoms with Crippen LogP contribution in [0.15, 0.2) is 48.8 Å². The van der Waals surface area contributed by atoms with Crippen LogP contribution >= 0.6 is 0 Å². The summed E-state index contributed by atoms with van der Waals surface area (Å²) in [6.45, 7) is 2.60. The van der Waals surface area contributed by atoms with Crippen LogP contribution in [0.1, 0.15) is 46.7 Å². The first-order valence-corrected chi connectivity index (χ1v) is 11.2. The quantitative estimate of drug-likeness (QED) is 0.451. The Bertz CT molecular complexity index is 1380. The molecule has 1 N–H and O–H groups in total. The zero-order valence-corrected chi connectivity index (χ0v) is 18.9. The second kappa shape index (κ2) is 8.97. The number of benzene rings is 1. The minimum atomic E-state index is -4.82. The maximum absolute atomic E-state index is 14.0. The molecule has 1 aliphatic heterocycles. The van der Waals surface area contributed by atoms with Gasteiger partial charge in [-0.2, -0.15) is 18.3 Å². The third-order valence-electron chi connectivity index (χ3n) is 6.08. The number of anilines is 1. The molecule has 3 aromatic heterocycles. The number of halogens is 3. The second-order valence-corrected chi connectivity index (χ2v) is 8.34. The highest BCUT2D eigenvalue weighted by Gasteiger charge is 2.41. The minimum Gasteiger partial charge on any atom is -0.322 e. The first-order valence-electron chi connectivity index (χ1n) is 11.2. The number of nitrogens with one attached hydrogen (secondary N) is 1. The number of hydrogen-bond acceptors (Lipinski definition) is 5. The van der Waals surface area contributed by atoms with Crippen molar-refractivity contribution in [1.82, 2.24) is 29.5 Å². The molecule has 11 heteroatoms. The van der Waals surface area contributed by atoms with Crippen molar-refractivity contribution in [3.8, 4) is 17.2 Å². The Morgan fingerprint density at radius 2 is 1.91 bits per heavy atom. The largest absolute Gasteiger partial charge is 0.434 e. The molecule has 0 spiro atoms. The van der Waals surface area contributed by atoms with Crippen molar-refractivity contribution in [1.29, 1.82) is 0 Å². The molecule has 8 nitrogen and oxygen atoms in total. The fourth-order valence-corrected chi connectivity index (χ4v) is 4.33. The van der Waals surface area contributed by atoms with E-state index in [1.165, 1.54) is 12.3 Å². The number of amides is 1. The Kier molecular flexibility index (Phi) is 5.83. The van der Waals surface area contributed by atoms with Gasteiger partial charge in [-0.3, -0.25) is 4.79 Å². The van der Waals surface area contributed by atoms with Crippen LogP contribution in [-0.4, -0.2) is 35.4 Å². The molecule has 0 atom stereocenters. The summed E-state index contributed by atoms with van der Waals surface area (Å²) in [5.41, 5.74) is 0.0569. The standard InChI is InChI=1S/C24H22F3N7O/c1-15-16(22-32-31-20-11-3-2-6-13-33(20)22)8-7-9-18(15)30-23(35)17-14-29-34(21(17)24(25,26)27)19-10-4-5-12-28-19/h4-5,7-10,12,14H,2-3,6,11,13H2,1H3,(H,30,35). The van der Waals surface area contributed by atoms with Crippen molar-refractivity contribution in [2.75, 3.05) is 5.32 Å². The summed E-state index contributed by atoms with van der Waals surface area (Å²) in [6.07, 6.45) is 1.49. The number of aromatic nitrogens is 6. The van der Waals surface area contributed by atoms with E-state index in [2.05, 4.69) is 30.2 Å². The number of pyridine rings is 1. The van der Waals surface area contributed by atoms with Crippen LogP contribution in [0.4, 0.5) is 18.9 Å². The van der Waals surface area contributed by atoms with Gasteiger partial charge in [-0.15, -0.1) is 10.2 Å². The van der Waals surface area contributed by atoms with Gasteiger partial charge in [-0.1, -0.05) is 24.6 Å². The van der Waals surface area contributed by atoms with Gasteiger partial charge >= 0.3 is 6.18 Å². The molecule has 0 unspecified atom stereocenters. The summed E-state index contributed by atoms with van der Waals surface area (Å²) < 4.78 is 44.6. The number of rotatable bonds is 4. The van der Waals surface area contributed by atoms with Gasteiger partial charge in [-0.05, 0) is 43.5 Å². The van der Waals surface area contributed by atoms with Gasteiger partial charge in [0.25, 0.3) is 5.91 Å². The van der Waals surface area contributed by atoms with Crippen LogP contribution in [0, 0.1) is 6.92 Å². The molecule has 1 aliphatic rings. The summed E-state index contributed by atoms with van der Waals surface area (Å²) in [5, 5.41) is 15.1. The number of aryl methyl sites for hydroxylation is 1. The molecule has 0 bridgehead atoms. The summed E-state index contributed by atoms with van der Waals surface area (Å²) in [7, 11) is 0. The average molecular weight is 481 g/mol. The van der Waals surface area contributed by atoms with E-state index >= 15 is 0 Å². The third-order valence-corrected chi connectivity index (χ3v) is 6.08. The number of nitrogens with zero attached hydrogens (tertiary/aromatic N) is 6. The molecule has 0 radical (unpaired) electrons. The third kappa shape index (κ3) is 4.29. The van der Waals surface area contributed by atoms with Gasteiger partial charge in [0.1, 0.15) is 5.82 Å². The number of carbonyl (C=O) groups excluding carboxylic acids is 1. The van der Waals surface area contributed by atoms with Gasteiger partial charge in [0.2, 0.25) is 0 Å². The highest BCUT2D eigenvalue weighted by molar-refractivity contribution is 6.06. The van der Waals surface area contributed by atoms with E-state index in [9.17, 15) is 18.0 Å². The Labute approximate surface area is 198 Å². The SMILES string of the molecule is Cc1c(NC(=O)c2cnn(-c3ccccn3)c2C(F)(F)F)cccc1-c1nnc2n1CCCCC2. The van der Waals surface area contributed by atoms with Crippen LogP contribution in [-0.2, 0) is 19.1 Å². The Balaban J connectivity index is 1.49. The molecule has 0 saturated carbocycles. The molecule has 4 heterocycles. The van der Waals surface area contributed by atoms with Gasteiger partial charge in [0.15, 0.2) is 17.3 Å². The van der Waals surface area contributed by atoms with Gasteiger partial charge < -0.3 is 9.88 Å². The fourth-order valence-electron chi connectivity index (χ4n) is 4.33. The number of carbonyl (C=O) groups is 1. The number of fused-ring (bicyclic) bond motifs is 1. The van der Waals surface area contributed by atoms with Crippen molar-refractivity contribution >= 4 is 11.6 Å². The number of hydrogen-bond donors (Lipinski definition) is 1. The first-order chi connectivity index (χ1) is 16.8. The van der Waals surface area contributed by atoms with E-state index < -0.39 is 23.3 Å². The monoisotopic (exact) mass is 481 g/mol. The number of alkyl halides is 3. The van der Waals surface area contributed by atoms with Crippen LogP contribution in [0.2, 0.25) is 0 Å². The fraction of sp³-hybridized carbons (Fsp3) is 0.292. The molecule has 5 rings (SSSR count). The van der Waals surface area contributed by atoms with E-state index in [4.69, 9.17) is 0 Å². The van der Waals surface area contributed by atoms with Crippen molar-refractivity contribution < 1.29 is 18.0 Å². The molecule has 1 aromatic carbocycles. The van der Waals surface area contributed by atoms with Gasteiger partial charge in [0.05, 0.1) is 11.8 Å². The highest BCUT2D eigenvalue weighted by atomic mass is 19.4. The maximum Gasteiger partial charge on any atom is 0.434 e. The van der Waals surface area contributed by atoms with Crippen molar-refractivity contribution in [3.63, 3.8) is 0 Å². The van der Waals surface area contributed by atoms with E-state index in [1.54, 1.807) is 31.2 Å². The second-order valence-electron chi connectivity index (χ2n) is 8.34. The predicted molar refractivity (Wildman–Crippen MR) is 122 cm³/mol. The van der Waals surface area contributed by atoms with Gasteiger partial charge in [-0.25, -0.2) is 9.67 Å². The van der Waals surface area contributed by atoms with Crippen molar-refractivity contribution in [2.24, 2.45) is 0 Å². The lowest BCUT2D eigenvalue weighted by Crippen LogP contribution is -2.21. The zero-order chi connectivity index (χ0) is 24.6. The molecular formula is C24H22F3N7O.